The van der Waals surface area contributed by atoms with Gasteiger partial charge in [-0.2, -0.15) is 0 Å². The number of nitrogens with zero attached hydrogens (tertiary/aromatic N) is 2. The molecule has 0 unspecified atom stereocenters. The average Bonchev–Trinajstić information content (AvgIpc) is 3.40. The number of halogens is 1. The van der Waals surface area contributed by atoms with Crippen molar-refractivity contribution in [3.8, 4) is 11.5 Å². The van der Waals surface area contributed by atoms with Crippen LogP contribution in [0.15, 0.2) is 29.4 Å². The molecule has 0 saturated heterocycles. The Morgan fingerprint density at radius 2 is 1.93 bits per heavy atom. The van der Waals surface area contributed by atoms with Gasteiger partial charge >= 0.3 is 0 Å². The van der Waals surface area contributed by atoms with E-state index in [1.807, 2.05) is 13.2 Å². The van der Waals surface area contributed by atoms with E-state index in [0.29, 0.717) is 13.2 Å². The molecule has 0 atom stereocenters. The fourth-order valence-corrected chi connectivity index (χ4v) is 5.06. The van der Waals surface area contributed by atoms with Crippen LogP contribution in [0.4, 0.5) is 0 Å². The van der Waals surface area contributed by atoms with Crippen molar-refractivity contribution in [1.29, 1.82) is 0 Å². The SMILES string of the molecule is CN=C(NCCc1ncc(C)s1)NCC1(c2ccc3c(c2)OCCO3)CCCC1.I. The second-order valence-electron chi connectivity index (χ2n) is 7.81. The molecule has 30 heavy (non-hydrogen) atoms. The number of ether oxygens (including phenoxy) is 2. The number of aromatic nitrogens is 1. The molecule has 1 fully saturated rings. The molecule has 8 heteroatoms. The first-order valence-corrected chi connectivity index (χ1v) is 11.3. The molecule has 1 aliphatic heterocycles. The highest BCUT2D eigenvalue weighted by atomic mass is 127. The van der Waals surface area contributed by atoms with Crippen molar-refractivity contribution < 1.29 is 9.47 Å². The lowest BCUT2D eigenvalue weighted by molar-refractivity contribution is 0.171. The molecule has 0 amide bonds. The number of benzene rings is 1. The van der Waals surface area contributed by atoms with Gasteiger partial charge in [-0.3, -0.25) is 4.99 Å². The van der Waals surface area contributed by atoms with Crippen molar-refractivity contribution in [1.82, 2.24) is 15.6 Å². The zero-order chi connectivity index (χ0) is 20.1. The maximum Gasteiger partial charge on any atom is 0.191 e. The molecule has 1 aromatic heterocycles. The lowest BCUT2D eigenvalue weighted by Gasteiger charge is -2.32. The van der Waals surface area contributed by atoms with Gasteiger partial charge in [0, 0.05) is 43.0 Å². The van der Waals surface area contributed by atoms with E-state index in [1.165, 1.54) is 36.1 Å². The lowest BCUT2D eigenvalue weighted by atomic mass is 9.78. The van der Waals surface area contributed by atoms with Crippen molar-refractivity contribution in [2.24, 2.45) is 4.99 Å². The smallest absolute Gasteiger partial charge is 0.191 e. The Kier molecular flexibility index (Phi) is 8.21. The van der Waals surface area contributed by atoms with Crippen molar-refractivity contribution in [2.45, 2.75) is 44.4 Å². The standard InChI is InChI=1S/C22H30N4O2S.HI/c1-16-14-25-20(29-16)7-10-24-21(23-2)26-15-22(8-3-4-9-22)17-5-6-18-19(13-17)28-12-11-27-18;/h5-6,13-14H,3-4,7-12,15H2,1-2H3,(H2,23,24,26);1H. The molecule has 1 aliphatic carbocycles. The van der Waals surface area contributed by atoms with E-state index in [4.69, 9.17) is 9.47 Å². The van der Waals surface area contributed by atoms with Crippen LogP contribution in [0.3, 0.4) is 0 Å². The maximum atomic E-state index is 5.83. The summed E-state index contributed by atoms with van der Waals surface area (Å²) >= 11 is 1.76. The average molecular weight is 542 g/mol. The Hall–Kier alpha value is -1.55. The van der Waals surface area contributed by atoms with E-state index >= 15 is 0 Å². The summed E-state index contributed by atoms with van der Waals surface area (Å²) in [5.41, 5.74) is 1.44. The minimum absolute atomic E-state index is 0. The van der Waals surface area contributed by atoms with Crippen LogP contribution in [0, 0.1) is 6.92 Å². The molecule has 164 valence electrons. The molecule has 0 radical (unpaired) electrons. The van der Waals surface area contributed by atoms with Gasteiger partial charge in [-0.15, -0.1) is 35.3 Å². The van der Waals surface area contributed by atoms with Crippen molar-refractivity contribution in [3.05, 3.63) is 39.8 Å². The number of nitrogens with one attached hydrogen (secondary N) is 2. The van der Waals surface area contributed by atoms with E-state index in [2.05, 4.69) is 45.7 Å². The normalized spacial score (nSPS) is 17.3. The van der Waals surface area contributed by atoms with Crippen LogP contribution in [-0.4, -0.2) is 44.3 Å². The fourth-order valence-electron chi connectivity index (χ4n) is 4.27. The summed E-state index contributed by atoms with van der Waals surface area (Å²) in [5.74, 6) is 2.58. The van der Waals surface area contributed by atoms with Gasteiger partial charge in [-0.25, -0.2) is 4.98 Å². The summed E-state index contributed by atoms with van der Waals surface area (Å²) in [4.78, 5) is 10.1. The summed E-state index contributed by atoms with van der Waals surface area (Å²) < 4.78 is 11.5. The van der Waals surface area contributed by atoms with Gasteiger partial charge in [-0.1, -0.05) is 18.9 Å². The van der Waals surface area contributed by atoms with E-state index in [0.717, 1.165) is 42.0 Å². The number of hydrogen-bond acceptors (Lipinski definition) is 5. The third kappa shape index (κ3) is 5.38. The zero-order valence-corrected chi connectivity index (χ0v) is 20.8. The number of guanidine groups is 1. The Balaban J connectivity index is 0.00000256. The quantitative estimate of drug-likeness (QED) is 0.328. The van der Waals surface area contributed by atoms with Gasteiger partial charge in [0.15, 0.2) is 17.5 Å². The first-order chi connectivity index (χ1) is 14.2. The number of thiazole rings is 1. The van der Waals surface area contributed by atoms with Gasteiger partial charge in [0.05, 0.1) is 5.01 Å². The van der Waals surface area contributed by atoms with Crippen LogP contribution >= 0.6 is 35.3 Å². The maximum absolute atomic E-state index is 5.83. The summed E-state index contributed by atoms with van der Waals surface area (Å²) in [6.07, 6.45) is 7.71. The van der Waals surface area contributed by atoms with E-state index < -0.39 is 0 Å². The molecule has 1 aromatic carbocycles. The first-order valence-electron chi connectivity index (χ1n) is 10.4. The molecule has 2 N–H and O–H groups in total. The molecule has 0 spiro atoms. The van der Waals surface area contributed by atoms with Gasteiger partial charge in [-0.05, 0) is 37.5 Å². The Morgan fingerprint density at radius 1 is 1.17 bits per heavy atom. The fraction of sp³-hybridized carbons (Fsp3) is 0.545. The topological polar surface area (TPSA) is 67.8 Å². The minimum Gasteiger partial charge on any atom is -0.486 e. The van der Waals surface area contributed by atoms with E-state index in [1.54, 1.807) is 11.3 Å². The Labute approximate surface area is 199 Å². The van der Waals surface area contributed by atoms with E-state index in [9.17, 15) is 0 Å². The second-order valence-corrected chi connectivity index (χ2v) is 9.13. The predicted molar refractivity (Wildman–Crippen MR) is 133 cm³/mol. The van der Waals surface area contributed by atoms with Crippen LogP contribution in [0.1, 0.15) is 41.1 Å². The number of fused-ring (bicyclic) bond motifs is 1. The van der Waals surface area contributed by atoms with Crippen molar-refractivity contribution in [2.75, 3.05) is 33.4 Å². The third-order valence-corrected chi connectivity index (χ3v) is 6.81. The highest BCUT2D eigenvalue weighted by Gasteiger charge is 2.36. The largest absolute Gasteiger partial charge is 0.486 e. The molecule has 2 aromatic rings. The highest BCUT2D eigenvalue weighted by Crippen LogP contribution is 2.43. The Bertz CT molecular complexity index is 865. The van der Waals surface area contributed by atoms with Crippen LogP contribution < -0.4 is 20.1 Å². The molecule has 2 heterocycles. The lowest BCUT2D eigenvalue weighted by Crippen LogP contribution is -2.45. The molecular formula is C22H31IN4O2S. The van der Waals surface area contributed by atoms with Gasteiger partial charge < -0.3 is 20.1 Å². The summed E-state index contributed by atoms with van der Waals surface area (Å²) in [6, 6.07) is 6.46. The number of aliphatic imine (C=N–C) groups is 1. The van der Waals surface area contributed by atoms with E-state index in [-0.39, 0.29) is 29.4 Å². The molecule has 6 nitrogen and oxygen atoms in total. The van der Waals surface area contributed by atoms with Crippen LogP contribution in [0.2, 0.25) is 0 Å². The number of rotatable bonds is 6. The predicted octanol–water partition coefficient (Wildman–Crippen LogP) is 4.06. The molecule has 0 bridgehead atoms. The molecule has 4 rings (SSSR count). The van der Waals surface area contributed by atoms with Crippen molar-refractivity contribution >= 4 is 41.3 Å². The molecular weight excluding hydrogens is 511 g/mol. The Morgan fingerprint density at radius 3 is 2.63 bits per heavy atom. The number of hydrogen-bond donors (Lipinski definition) is 2. The van der Waals surface area contributed by atoms with Crippen LogP contribution in [-0.2, 0) is 11.8 Å². The second kappa shape index (κ2) is 10.7. The molecule has 1 saturated carbocycles. The minimum atomic E-state index is 0. The monoisotopic (exact) mass is 542 g/mol. The van der Waals surface area contributed by atoms with Gasteiger partial charge in [0.2, 0.25) is 0 Å². The van der Waals surface area contributed by atoms with Crippen molar-refractivity contribution in [3.63, 3.8) is 0 Å². The van der Waals surface area contributed by atoms with Crippen LogP contribution in [0.5, 0.6) is 11.5 Å². The summed E-state index contributed by atoms with van der Waals surface area (Å²) in [5, 5.41) is 8.16. The van der Waals surface area contributed by atoms with Gasteiger partial charge in [0.25, 0.3) is 0 Å². The number of aryl methyl sites for hydroxylation is 1. The summed E-state index contributed by atoms with van der Waals surface area (Å²) in [6.45, 7) is 5.03. The summed E-state index contributed by atoms with van der Waals surface area (Å²) in [7, 11) is 1.83. The zero-order valence-electron chi connectivity index (χ0n) is 17.7. The molecule has 2 aliphatic rings. The third-order valence-electron chi connectivity index (χ3n) is 5.83. The van der Waals surface area contributed by atoms with Crippen LogP contribution in [0.25, 0.3) is 0 Å². The highest BCUT2D eigenvalue weighted by molar-refractivity contribution is 14.0. The van der Waals surface area contributed by atoms with Gasteiger partial charge in [0.1, 0.15) is 13.2 Å². The first kappa shape index (κ1) is 23.1.